The van der Waals surface area contributed by atoms with Crippen LogP contribution in [-0.4, -0.2) is 11.9 Å². The summed E-state index contributed by atoms with van der Waals surface area (Å²) < 4.78 is 0.999. The molecule has 0 fully saturated rings. The van der Waals surface area contributed by atoms with Gasteiger partial charge in [-0.15, -0.1) is 0 Å². The smallest absolute Gasteiger partial charge is 0.246 e. The molecule has 1 unspecified atom stereocenters. The monoisotopic (exact) mass is 352 g/mol. The van der Waals surface area contributed by atoms with Gasteiger partial charge in [0.2, 0.25) is 5.91 Å². The topological polar surface area (TPSA) is 41.1 Å². The van der Waals surface area contributed by atoms with E-state index in [2.05, 4.69) is 26.6 Å². The summed E-state index contributed by atoms with van der Waals surface area (Å²) >= 11 is 9.25. The van der Waals surface area contributed by atoms with Gasteiger partial charge in [-0.05, 0) is 49.4 Å². The Morgan fingerprint density at radius 1 is 1.15 bits per heavy atom. The number of amides is 1. The van der Waals surface area contributed by atoms with Gasteiger partial charge in [0.15, 0.2) is 0 Å². The Morgan fingerprint density at radius 3 is 2.50 bits per heavy atom. The number of carbonyl (C=O) groups excluding carboxylic acids is 1. The second-order valence-electron chi connectivity index (χ2n) is 4.37. The van der Waals surface area contributed by atoms with E-state index in [1.54, 1.807) is 24.3 Å². The molecule has 0 aliphatic rings. The summed E-state index contributed by atoms with van der Waals surface area (Å²) in [5.74, 6) is -0.116. The Balaban J connectivity index is 1.96. The molecule has 2 aromatic carbocycles. The van der Waals surface area contributed by atoms with Crippen LogP contribution in [0.4, 0.5) is 11.4 Å². The molecule has 0 aromatic heterocycles. The van der Waals surface area contributed by atoms with E-state index in [9.17, 15) is 4.79 Å². The summed E-state index contributed by atoms with van der Waals surface area (Å²) in [7, 11) is 0. The first-order valence-corrected chi connectivity index (χ1v) is 7.30. The van der Waals surface area contributed by atoms with Crippen molar-refractivity contribution in [3.05, 3.63) is 58.0 Å². The number of rotatable bonds is 4. The molecule has 104 valence electrons. The predicted octanol–water partition coefficient (Wildman–Crippen LogP) is 4.54. The van der Waals surface area contributed by atoms with Crippen LogP contribution in [-0.2, 0) is 4.79 Å². The Labute approximate surface area is 131 Å². The fourth-order valence-corrected chi connectivity index (χ4v) is 2.13. The lowest BCUT2D eigenvalue weighted by Crippen LogP contribution is -2.31. The molecule has 5 heteroatoms. The zero-order chi connectivity index (χ0) is 14.5. The van der Waals surface area contributed by atoms with E-state index >= 15 is 0 Å². The highest BCUT2D eigenvalue weighted by Gasteiger charge is 2.12. The maximum atomic E-state index is 12.1. The molecule has 2 aromatic rings. The standard InChI is InChI=1S/C15H14BrClN2O/c1-10(18-13-7-5-11(16)6-8-13)15(20)19-14-4-2-3-12(17)9-14/h2-10,18H,1H3,(H,19,20). The molecule has 0 spiro atoms. The first-order valence-electron chi connectivity index (χ1n) is 6.13. The molecule has 0 heterocycles. The fourth-order valence-electron chi connectivity index (χ4n) is 1.68. The van der Waals surface area contributed by atoms with Crippen LogP contribution < -0.4 is 10.6 Å². The Kier molecular flexibility index (Phi) is 5.04. The van der Waals surface area contributed by atoms with Crippen LogP contribution in [0.1, 0.15) is 6.92 Å². The van der Waals surface area contributed by atoms with Gasteiger partial charge in [-0.3, -0.25) is 4.79 Å². The molecule has 1 atom stereocenters. The minimum atomic E-state index is -0.352. The molecular weight excluding hydrogens is 340 g/mol. The maximum absolute atomic E-state index is 12.1. The largest absolute Gasteiger partial charge is 0.374 e. The van der Waals surface area contributed by atoms with Gasteiger partial charge in [0.1, 0.15) is 6.04 Å². The van der Waals surface area contributed by atoms with Gasteiger partial charge in [0.05, 0.1) is 0 Å². The Bertz CT molecular complexity index is 601. The molecule has 20 heavy (non-hydrogen) atoms. The quantitative estimate of drug-likeness (QED) is 0.847. The summed E-state index contributed by atoms with van der Waals surface area (Å²) in [4.78, 5) is 12.1. The first kappa shape index (κ1) is 14.9. The number of nitrogens with one attached hydrogen (secondary N) is 2. The molecule has 0 saturated carbocycles. The summed E-state index contributed by atoms with van der Waals surface area (Å²) in [6, 6.07) is 14.4. The molecule has 2 N–H and O–H groups in total. The van der Waals surface area contributed by atoms with Gasteiger partial charge in [0.25, 0.3) is 0 Å². The van der Waals surface area contributed by atoms with E-state index in [0.29, 0.717) is 10.7 Å². The van der Waals surface area contributed by atoms with Crippen LogP contribution in [0.3, 0.4) is 0 Å². The van der Waals surface area contributed by atoms with Crippen LogP contribution in [0.2, 0.25) is 5.02 Å². The molecule has 1 amide bonds. The van der Waals surface area contributed by atoms with Gasteiger partial charge >= 0.3 is 0 Å². The second kappa shape index (κ2) is 6.77. The summed E-state index contributed by atoms with van der Waals surface area (Å²) in [5.41, 5.74) is 1.58. The average Bonchev–Trinajstić information content (AvgIpc) is 2.41. The molecule has 0 radical (unpaired) electrons. The summed E-state index contributed by atoms with van der Waals surface area (Å²) in [6.45, 7) is 1.81. The maximum Gasteiger partial charge on any atom is 0.246 e. The van der Waals surface area contributed by atoms with Crippen LogP contribution >= 0.6 is 27.5 Å². The molecule has 0 saturated heterocycles. The van der Waals surface area contributed by atoms with Crippen molar-refractivity contribution in [2.24, 2.45) is 0 Å². The minimum Gasteiger partial charge on any atom is -0.374 e. The molecule has 2 rings (SSSR count). The summed E-state index contributed by atoms with van der Waals surface area (Å²) in [5, 5.41) is 6.55. The second-order valence-corrected chi connectivity index (χ2v) is 5.72. The number of benzene rings is 2. The van der Waals surface area contributed by atoms with Crippen molar-refractivity contribution in [3.8, 4) is 0 Å². The van der Waals surface area contributed by atoms with E-state index in [-0.39, 0.29) is 11.9 Å². The zero-order valence-electron chi connectivity index (χ0n) is 10.9. The van der Waals surface area contributed by atoms with E-state index in [4.69, 9.17) is 11.6 Å². The Hall–Kier alpha value is -1.52. The number of halogens is 2. The van der Waals surface area contributed by atoms with E-state index < -0.39 is 0 Å². The van der Waals surface area contributed by atoms with Crippen molar-refractivity contribution in [2.45, 2.75) is 13.0 Å². The lowest BCUT2D eigenvalue weighted by molar-refractivity contribution is -0.116. The van der Waals surface area contributed by atoms with Crippen LogP contribution in [0.15, 0.2) is 53.0 Å². The highest BCUT2D eigenvalue weighted by atomic mass is 79.9. The highest BCUT2D eigenvalue weighted by molar-refractivity contribution is 9.10. The van der Waals surface area contributed by atoms with Crippen LogP contribution in [0, 0.1) is 0 Å². The number of anilines is 2. The fraction of sp³-hybridized carbons (Fsp3) is 0.133. The lowest BCUT2D eigenvalue weighted by Gasteiger charge is -2.15. The Morgan fingerprint density at radius 2 is 1.85 bits per heavy atom. The molecule has 0 aliphatic carbocycles. The number of hydrogen-bond acceptors (Lipinski definition) is 2. The third-order valence-electron chi connectivity index (χ3n) is 2.71. The van der Waals surface area contributed by atoms with Gasteiger partial charge < -0.3 is 10.6 Å². The van der Waals surface area contributed by atoms with E-state index in [0.717, 1.165) is 10.2 Å². The van der Waals surface area contributed by atoms with Gasteiger partial charge in [0, 0.05) is 20.9 Å². The molecular formula is C15H14BrClN2O. The number of hydrogen-bond donors (Lipinski definition) is 2. The lowest BCUT2D eigenvalue weighted by atomic mass is 10.2. The molecule has 3 nitrogen and oxygen atoms in total. The first-order chi connectivity index (χ1) is 9.54. The predicted molar refractivity (Wildman–Crippen MR) is 87.3 cm³/mol. The van der Waals surface area contributed by atoms with Gasteiger partial charge in [-0.1, -0.05) is 33.6 Å². The van der Waals surface area contributed by atoms with Gasteiger partial charge in [-0.25, -0.2) is 0 Å². The van der Waals surface area contributed by atoms with Crippen LogP contribution in [0.5, 0.6) is 0 Å². The minimum absolute atomic E-state index is 0.116. The van der Waals surface area contributed by atoms with Crippen molar-refractivity contribution in [2.75, 3.05) is 10.6 Å². The average molecular weight is 354 g/mol. The van der Waals surface area contributed by atoms with Crippen molar-refractivity contribution in [3.63, 3.8) is 0 Å². The van der Waals surface area contributed by atoms with Crippen molar-refractivity contribution in [1.82, 2.24) is 0 Å². The van der Waals surface area contributed by atoms with E-state index in [1.165, 1.54) is 0 Å². The normalized spacial score (nSPS) is 11.8. The van der Waals surface area contributed by atoms with Gasteiger partial charge in [-0.2, -0.15) is 0 Å². The van der Waals surface area contributed by atoms with Crippen molar-refractivity contribution >= 4 is 44.8 Å². The summed E-state index contributed by atoms with van der Waals surface area (Å²) in [6.07, 6.45) is 0. The van der Waals surface area contributed by atoms with E-state index in [1.807, 2.05) is 31.2 Å². The molecule has 0 bridgehead atoms. The number of carbonyl (C=O) groups is 1. The molecule has 0 aliphatic heterocycles. The van der Waals surface area contributed by atoms with Crippen molar-refractivity contribution < 1.29 is 4.79 Å². The third kappa shape index (κ3) is 4.25. The van der Waals surface area contributed by atoms with Crippen LogP contribution in [0.25, 0.3) is 0 Å². The third-order valence-corrected chi connectivity index (χ3v) is 3.48. The highest BCUT2D eigenvalue weighted by Crippen LogP contribution is 2.17. The SMILES string of the molecule is CC(Nc1ccc(Br)cc1)C(=O)Nc1cccc(Cl)c1. The zero-order valence-corrected chi connectivity index (χ0v) is 13.2. The van der Waals surface area contributed by atoms with Crippen molar-refractivity contribution in [1.29, 1.82) is 0 Å².